The third-order valence-electron chi connectivity index (χ3n) is 3.64. The number of esters is 1. The van der Waals surface area contributed by atoms with Crippen LogP contribution in [0.5, 0.6) is 11.5 Å². The summed E-state index contributed by atoms with van der Waals surface area (Å²) in [6.45, 7) is 0. The maximum absolute atomic E-state index is 12.2. The summed E-state index contributed by atoms with van der Waals surface area (Å²) in [5.74, 6) is -0.253. The smallest absolute Gasteiger partial charge is 0.343 e. The van der Waals surface area contributed by atoms with Crippen LogP contribution in [0.3, 0.4) is 0 Å². The minimum absolute atomic E-state index is 0.201. The Bertz CT molecular complexity index is 799. The molecule has 2 aromatic carbocycles. The van der Waals surface area contributed by atoms with Crippen molar-refractivity contribution >= 4 is 23.5 Å². The van der Waals surface area contributed by atoms with Gasteiger partial charge in [0.05, 0.1) is 18.4 Å². The van der Waals surface area contributed by atoms with Crippen LogP contribution in [0.1, 0.15) is 23.2 Å². The van der Waals surface area contributed by atoms with Crippen molar-refractivity contribution in [1.82, 2.24) is 0 Å². The van der Waals surface area contributed by atoms with Crippen LogP contribution < -0.4 is 14.4 Å². The van der Waals surface area contributed by atoms with Crippen molar-refractivity contribution < 1.29 is 23.9 Å². The van der Waals surface area contributed by atoms with Crippen LogP contribution in [0.2, 0.25) is 0 Å². The lowest BCUT2D eigenvalue weighted by Crippen LogP contribution is -2.28. The first-order valence-corrected chi connectivity index (χ1v) is 7.40. The van der Waals surface area contributed by atoms with E-state index in [0.29, 0.717) is 17.0 Å². The lowest BCUT2D eigenvalue weighted by atomic mass is 10.2. The highest BCUT2D eigenvalue weighted by Gasteiger charge is 2.30. The Balaban J connectivity index is 1.80. The van der Waals surface area contributed by atoms with Crippen molar-refractivity contribution in [2.75, 3.05) is 12.0 Å². The molecule has 1 heterocycles. The molecule has 0 radical (unpaired) electrons. The molecule has 0 bridgehead atoms. The Morgan fingerprint density at radius 3 is 2.33 bits per heavy atom. The van der Waals surface area contributed by atoms with Crippen molar-refractivity contribution in [1.29, 1.82) is 0 Å². The molecule has 0 aromatic heterocycles. The lowest BCUT2D eigenvalue weighted by molar-refractivity contribution is -0.121. The molecule has 0 aliphatic carbocycles. The van der Waals surface area contributed by atoms with Gasteiger partial charge in [-0.1, -0.05) is 12.1 Å². The monoisotopic (exact) mass is 325 g/mol. The van der Waals surface area contributed by atoms with Crippen molar-refractivity contribution in [3.05, 3.63) is 54.1 Å². The molecule has 0 spiro atoms. The average molecular weight is 325 g/mol. The molecule has 2 aromatic rings. The number of carbonyl (C=O) groups excluding carboxylic acids is 3. The van der Waals surface area contributed by atoms with Crippen molar-refractivity contribution in [3.63, 3.8) is 0 Å². The normalized spacial score (nSPS) is 14.0. The fraction of sp³-hybridized carbons (Fsp3) is 0.167. The summed E-state index contributed by atoms with van der Waals surface area (Å²) in [5, 5.41) is 0. The number of anilines is 1. The summed E-state index contributed by atoms with van der Waals surface area (Å²) in [6, 6.07) is 12.9. The van der Waals surface area contributed by atoms with E-state index in [1.165, 1.54) is 13.2 Å². The van der Waals surface area contributed by atoms with Crippen molar-refractivity contribution in [2.45, 2.75) is 12.8 Å². The van der Waals surface area contributed by atoms with Crippen LogP contribution in [-0.4, -0.2) is 24.9 Å². The second-order valence-electron chi connectivity index (χ2n) is 5.24. The second kappa shape index (κ2) is 6.54. The number of amides is 2. The van der Waals surface area contributed by atoms with Crippen molar-refractivity contribution in [2.24, 2.45) is 0 Å². The van der Waals surface area contributed by atoms with Crippen LogP contribution in [0, 0.1) is 0 Å². The zero-order chi connectivity index (χ0) is 17.1. The Morgan fingerprint density at radius 1 is 0.958 bits per heavy atom. The quantitative estimate of drug-likeness (QED) is 0.491. The topological polar surface area (TPSA) is 72.9 Å². The zero-order valence-electron chi connectivity index (χ0n) is 13.0. The Labute approximate surface area is 138 Å². The number of imide groups is 1. The van der Waals surface area contributed by atoms with Gasteiger partial charge in [0.1, 0.15) is 11.5 Å². The van der Waals surface area contributed by atoms with Gasteiger partial charge in [-0.3, -0.25) is 14.5 Å². The molecular weight excluding hydrogens is 310 g/mol. The number of benzene rings is 2. The third-order valence-corrected chi connectivity index (χ3v) is 3.64. The first kappa shape index (κ1) is 15.7. The van der Waals surface area contributed by atoms with E-state index in [9.17, 15) is 14.4 Å². The van der Waals surface area contributed by atoms with E-state index in [4.69, 9.17) is 9.47 Å². The summed E-state index contributed by atoms with van der Waals surface area (Å²) in [5.41, 5.74) is 0.742. The number of nitrogens with zero attached hydrogens (tertiary/aromatic N) is 1. The molecule has 1 aliphatic heterocycles. The highest BCUT2D eigenvalue weighted by molar-refractivity contribution is 6.19. The minimum atomic E-state index is -0.551. The van der Waals surface area contributed by atoms with Gasteiger partial charge in [0, 0.05) is 18.9 Å². The highest BCUT2D eigenvalue weighted by atomic mass is 16.5. The Hall–Kier alpha value is -3.15. The second-order valence-corrected chi connectivity index (χ2v) is 5.24. The first-order chi connectivity index (χ1) is 11.6. The summed E-state index contributed by atoms with van der Waals surface area (Å²) in [6.07, 6.45) is 0.402. The van der Waals surface area contributed by atoms with Gasteiger partial charge in [0.15, 0.2) is 0 Å². The van der Waals surface area contributed by atoms with Gasteiger partial charge in [0.2, 0.25) is 11.8 Å². The molecule has 2 amide bonds. The van der Waals surface area contributed by atoms with E-state index in [1.54, 1.807) is 42.5 Å². The molecule has 122 valence electrons. The Kier molecular flexibility index (Phi) is 4.29. The van der Waals surface area contributed by atoms with Gasteiger partial charge in [-0.05, 0) is 30.3 Å². The molecule has 1 fully saturated rings. The van der Waals surface area contributed by atoms with E-state index < -0.39 is 5.97 Å². The number of carbonyl (C=O) groups is 3. The number of hydrogen-bond donors (Lipinski definition) is 0. The average Bonchev–Trinajstić information content (AvgIpc) is 2.93. The highest BCUT2D eigenvalue weighted by Crippen LogP contribution is 2.26. The Morgan fingerprint density at radius 2 is 1.62 bits per heavy atom. The minimum Gasteiger partial charge on any atom is -0.497 e. The van der Waals surface area contributed by atoms with E-state index in [0.717, 1.165) is 4.90 Å². The van der Waals surface area contributed by atoms with Crippen LogP contribution in [-0.2, 0) is 9.59 Å². The van der Waals surface area contributed by atoms with Crippen LogP contribution in [0.4, 0.5) is 5.69 Å². The molecule has 0 N–H and O–H groups in total. The molecule has 1 aliphatic rings. The first-order valence-electron chi connectivity index (χ1n) is 7.40. The molecular formula is C18H15NO5. The van der Waals surface area contributed by atoms with Crippen molar-refractivity contribution in [3.8, 4) is 11.5 Å². The molecule has 0 saturated carbocycles. The SMILES string of the molecule is COc1cccc(C(=O)Oc2cccc(N3C(=O)CCC3=O)c2)c1. The molecule has 24 heavy (non-hydrogen) atoms. The van der Waals surface area contributed by atoms with Crippen LogP contribution in [0.25, 0.3) is 0 Å². The van der Waals surface area contributed by atoms with Crippen LogP contribution in [0.15, 0.2) is 48.5 Å². The van der Waals surface area contributed by atoms with Gasteiger partial charge in [-0.25, -0.2) is 4.79 Å². The number of rotatable bonds is 4. The number of methoxy groups -OCH3 is 1. The lowest BCUT2D eigenvalue weighted by Gasteiger charge is -2.14. The molecule has 1 saturated heterocycles. The standard InChI is InChI=1S/C18H15NO5/c1-23-14-6-2-4-12(10-14)18(22)24-15-7-3-5-13(11-15)19-16(20)8-9-17(19)21/h2-7,10-11H,8-9H2,1H3. The molecule has 6 heteroatoms. The predicted octanol–water partition coefficient (Wildman–Crippen LogP) is 2.57. The molecule has 0 atom stereocenters. The molecule has 0 unspecified atom stereocenters. The van der Waals surface area contributed by atoms with Gasteiger partial charge in [-0.2, -0.15) is 0 Å². The van der Waals surface area contributed by atoms with Gasteiger partial charge < -0.3 is 9.47 Å². The summed E-state index contributed by atoms with van der Waals surface area (Å²) >= 11 is 0. The maximum atomic E-state index is 12.2. The molecule has 3 rings (SSSR count). The van der Waals surface area contributed by atoms with E-state index in [1.807, 2.05) is 0 Å². The van der Waals surface area contributed by atoms with Gasteiger partial charge in [0.25, 0.3) is 0 Å². The number of hydrogen-bond acceptors (Lipinski definition) is 5. The van der Waals surface area contributed by atoms with E-state index >= 15 is 0 Å². The summed E-state index contributed by atoms with van der Waals surface area (Å²) in [7, 11) is 1.51. The number of ether oxygens (including phenoxy) is 2. The van der Waals surface area contributed by atoms with Gasteiger partial charge >= 0.3 is 5.97 Å². The fourth-order valence-corrected chi connectivity index (χ4v) is 2.47. The third kappa shape index (κ3) is 3.12. The zero-order valence-corrected chi connectivity index (χ0v) is 13.0. The van der Waals surface area contributed by atoms with E-state index in [-0.39, 0.29) is 30.4 Å². The predicted molar refractivity (Wildman–Crippen MR) is 86.1 cm³/mol. The maximum Gasteiger partial charge on any atom is 0.343 e. The largest absolute Gasteiger partial charge is 0.497 e. The summed E-state index contributed by atoms with van der Waals surface area (Å²) in [4.78, 5) is 36.9. The summed E-state index contributed by atoms with van der Waals surface area (Å²) < 4.78 is 10.4. The van der Waals surface area contributed by atoms with E-state index in [2.05, 4.69) is 0 Å². The van der Waals surface area contributed by atoms with Crippen LogP contribution >= 0.6 is 0 Å². The molecule has 6 nitrogen and oxygen atoms in total. The van der Waals surface area contributed by atoms with Gasteiger partial charge in [-0.15, -0.1) is 0 Å². The fourth-order valence-electron chi connectivity index (χ4n) is 2.47.